The van der Waals surface area contributed by atoms with Crippen molar-refractivity contribution < 1.29 is 15.0 Å². The largest absolute Gasteiger partial charge is 0.479 e. The second-order valence-electron chi connectivity index (χ2n) is 2.74. The SMILES string of the molecule is CC(O)(C(=O)O)c1ccccc1. The van der Waals surface area contributed by atoms with Gasteiger partial charge < -0.3 is 10.2 Å². The number of benzene rings is 1. The molecule has 0 amide bonds. The summed E-state index contributed by atoms with van der Waals surface area (Å²) in [6.45, 7) is 1.25. The topological polar surface area (TPSA) is 57.5 Å². The maximum Gasteiger partial charge on any atom is 0.340 e. The first-order valence-electron chi connectivity index (χ1n) is 3.56. The highest BCUT2D eigenvalue weighted by molar-refractivity contribution is 5.78. The van der Waals surface area contributed by atoms with Crippen LogP contribution in [0.5, 0.6) is 0 Å². The average Bonchev–Trinajstić information content (AvgIpc) is 2.06. The van der Waals surface area contributed by atoms with Gasteiger partial charge in [-0.2, -0.15) is 0 Å². The summed E-state index contributed by atoms with van der Waals surface area (Å²) in [6.07, 6.45) is 0. The van der Waals surface area contributed by atoms with Crippen molar-refractivity contribution in [2.24, 2.45) is 0 Å². The zero-order valence-electron chi connectivity index (χ0n) is 6.69. The first kappa shape index (κ1) is 8.74. The standard InChI is InChI=1S/C9H10O3/c1-9(12,8(10)11)7-5-3-2-4-6-7/h2-6,12H,1H3,(H,10,11). The van der Waals surface area contributed by atoms with Crippen molar-refractivity contribution in [1.82, 2.24) is 0 Å². The zero-order chi connectivity index (χ0) is 9.19. The second-order valence-corrected chi connectivity index (χ2v) is 2.74. The summed E-state index contributed by atoms with van der Waals surface area (Å²) in [6, 6.07) is 8.29. The van der Waals surface area contributed by atoms with E-state index in [0.717, 1.165) is 0 Å². The summed E-state index contributed by atoms with van der Waals surface area (Å²) in [4.78, 5) is 10.6. The maximum absolute atomic E-state index is 10.6. The van der Waals surface area contributed by atoms with Gasteiger partial charge in [-0.3, -0.25) is 0 Å². The smallest absolute Gasteiger partial charge is 0.340 e. The molecule has 0 aliphatic rings. The average molecular weight is 166 g/mol. The van der Waals surface area contributed by atoms with E-state index >= 15 is 0 Å². The van der Waals surface area contributed by atoms with Crippen LogP contribution < -0.4 is 0 Å². The lowest BCUT2D eigenvalue weighted by Gasteiger charge is -2.17. The molecule has 2 N–H and O–H groups in total. The Labute approximate surface area is 70.3 Å². The summed E-state index contributed by atoms with van der Waals surface area (Å²) in [5.41, 5.74) is -1.40. The molecular formula is C9H10O3. The predicted octanol–water partition coefficient (Wildman–Crippen LogP) is 0.979. The molecule has 1 atom stereocenters. The third-order valence-corrected chi connectivity index (χ3v) is 1.75. The van der Waals surface area contributed by atoms with E-state index < -0.39 is 11.6 Å². The summed E-state index contributed by atoms with van der Waals surface area (Å²) < 4.78 is 0. The van der Waals surface area contributed by atoms with E-state index in [0.29, 0.717) is 5.56 Å². The third-order valence-electron chi connectivity index (χ3n) is 1.75. The number of carboxylic acid groups (broad SMARTS) is 1. The predicted molar refractivity (Wildman–Crippen MR) is 43.6 cm³/mol. The number of aliphatic hydroxyl groups is 1. The van der Waals surface area contributed by atoms with Gasteiger partial charge in [-0.1, -0.05) is 30.3 Å². The lowest BCUT2D eigenvalue weighted by atomic mass is 9.97. The summed E-state index contributed by atoms with van der Waals surface area (Å²) in [5.74, 6) is -1.24. The molecule has 1 rings (SSSR count). The molecule has 1 unspecified atom stereocenters. The molecule has 0 aromatic heterocycles. The highest BCUT2D eigenvalue weighted by Gasteiger charge is 2.31. The first-order chi connectivity index (χ1) is 5.55. The van der Waals surface area contributed by atoms with Crippen molar-refractivity contribution >= 4 is 5.97 Å². The molecule has 0 fully saturated rings. The molecule has 3 heteroatoms. The van der Waals surface area contributed by atoms with Crippen molar-refractivity contribution in [1.29, 1.82) is 0 Å². The van der Waals surface area contributed by atoms with Gasteiger partial charge in [0.15, 0.2) is 5.60 Å². The fraction of sp³-hybridized carbons (Fsp3) is 0.222. The van der Waals surface area contributed by atoms with E-state index in [4.69, 9.17) is 5.11 Å². The van der Waals surface area contributed by atoms with Gasteiger partial charge in [-0.25, -0.2) is 4.79 Å². The van der Waals surface area contributed by atoms with E-state index in [2.05, 4.69) is 0 Å². The van der Waals surface area contributed by atoms with Crippen LogP contribution in [0.15, 0.2) is 30.3 Å². The molecule has 0 spiro atoms. The Bertz CT molecular complexity index is 277. The van der Waals surface area contributed by atoms with Crippen LogP contribution in [0.2, 0.25) is 0 Å². The lowest BCUT2D eigenvalue weighted by Crippen LogP contribution is -2.31. The van der Waals surface area contributed by atoms with Gasteiger partial charge in [-0.15, -0.1) is 0 Å². The van der Waals surface area contributed by atoms with Crippen LogP contribution in [0.1, 0.15) is 12.5 Å². The Morgan fingerprint density at radius 2 is 1.83 bits per heavy atom. The van der Waals surface area contributed by atoms with Gasteiger partial charge in [-0.05, 0) is 12.5 Å². The number of aliphatic carboxylic acids is 1. The van der Waals surface area contributed by atoms with E-state index in [1.807, 2.05) is 0 Å². The number of rotatable bonds is 2. The fourth-order valence-corrected chi connectivity index (χ4v) is 0.886. The Balaban J connectivity index is 3.06. The quantitative estimate of drug-likeness (QED) is 0.688. The molecular weight excluding hydrogens is 156 g/mol. The first-order valence-corrected chi connectivity index (χ1v) is 3.56. The minimum Gasteiger partial charge on any atom is -0.479 e. The summed E-state index contributed by atoms with van der Waals surface area (Å²) in [5, 5.41) is 18.1. The van der Waals surface area contributed by atoms with Crippen molar-refractivity contribution in [3.8, 4) is 0 Å². The molecule has 0 heterocycles. The normalized spacial score (nSPS) is 15.2. The molecule has 0 radical (unpaired) electrons. The molecule has 0 aliphatic heterocycles. The number of carboxylic acids is 1. The van der Waals surface area contributed by atoms with E-state index in [1.54, 1.807) is 30.3 Å². The van der Waals surface area contributed by atoms with Crippen LogP contribution in [0.25, 0.3) is 0 Å². The minimum atomic E-state index is -1.79. The molecule has 0 aliphatic carbocycles. The van der Waals surface area contributed by atoms with Crippen LogP contribution in [-0.4, -0.2) is 16.2 Å². The van der Waals surface area contributed by atoms with Crippen LogP contribution in [-0.2, 0) is 10.4 Å². The number of hydrogen-bond acceptors (Lipinski definition) is 2. The fourth-order valence-electron chi connectivity index (χ4n) is 0.886. The molecule has 0 saturated carbocycles. The summed E-state index contributed by atoms with van der Waals surface area (Å²) >= 11 is 0. The van der Waals surface area contributed by atoms with Gasteiger partial charge in [0.05, 0.1) is 0 Å². The molecule has 64 valence electrons. The van der Waals surface area contributed by atoms with Gasteiger partial charge in [0, 0.05) is 0 Å². The third kappa shape index (κ3) is 1.46. The van der Waals surface area contributed by atoms with Crippen LogP contribution in [0.3, 0.4) is 0 Å². The van der Waals surface area contributed by atoms with Crippen LogP contribution in [0.4, 0.5) is 0 Å². The second kappa shape index (κ2) is 2.95. The van der Waals surface area contributed by atoms with E-state index in [-0.39, 0.29) is 0 Å². The van der Waals surface area contributed by atoms with Crippen molar-refractivity contribution in [2.75, 3.05) is 0 Å². The molecule has 12 heavy (non-hydrogen) atoms. The maximum atomic E-state index is 10.6. The van der Waals surface area contributed by atoms with Gasteiger partial charge >= 0.3 is 5.97 Å². The van der Waals surface area contributed by atoms with Crippen molar-refractivity contribution in [2.45, 2.75) is 12.5 Å². The summed E-state index contributed by atoms with van der Waals surface area (Å²) in [7, 11) is 0. The molecule has 1 aromatic carbocycles. The van der Waals surface area contributed by atoms with Gasteiger partial charge in [0.1, 0.15) is 0 Å². The van der Waals surface area contributed by atoms with Crippen LogP contribution >= 0.6 is 0 Å². The number of carbonyl (C=O) groups is 1. The Morgan fingerprint density at radius 1 is 1.33 bits per heavy atom. The molecule has 0 bridgehead atoms. The van der Waals surface area contributed by atoms with E-state index in [9.17, 15) is 9.90 Å². The zero-order valence-corrected chi connectivity index (χ0v) is 6.69. The lowest BCUT2D eigenvalue weighted by molar-refractivity contribution is -0.157. The molecule has 0 saturated heterocycles. The Morgan fingerprint density at radius 3 is 2.25 bits per heavy atom. The van der Waals surface area contributed by atoms with E-state index in [1.165, 1.54) is 6.92 Å². The monoisotopic (exact) mass is 166 g/mol. The van der Waals surface area contributed by atoms with Crippen LogP contribution in [0, 0.1) is 0 Å². The Hall–Kier alpha value is -1.35. The number of hydrogen-bond donors (Lipinski definition) is 2. The highest BCUT2D eigenvalue weighted by atomic mass is 16.4. The molecule has 1 aromatic rings. The Kier molecular flexibility index (Phi) is 2.15. The van der Waals surface area contributed by atoms with Gasteiger partial charge in [0.25, 0.3) is 0 Å². The highest BCUT2D eigenvalue weighted by Crippen LogP contribution is 2.19. The molecule has 3 nitrogen and oxygen atoms in total. The minimum absolute atomic E-state index is 0.387. The van der Waals surface area contributed by atoms with Crippen molar-refractivity contribution in [3.63, 3.8) is 0 Å². The van der Waals surface area contributed by atoms with Gasteiger partial charge in [0.2, 0.25) is 0 Å². The van der Waals surface area contributed by atoms with Crippen molar-refractivity contribution in [3.05, 3.63) is 35.9 Å².